The van der Waals surface area contributed by atoms with Gasteiger partial charge in [-0.15, -0.1) is 10.2 Å². The second-order valence-corrected chi connectivity index (χ2v) is 3.19. The lowest BCUT2D eigenvalue weighted by molar-refractivity contribution is 0.411. The highest BCUT2D eigenvalue weighted by molar-refractivity contribution is 5.61. The van der Waals surface area contributed by atoms with E-state index in [0.29, 0.717) is 22.8 Å². The summed E-state index contributed by atoms with van der Waals surface area (Å²) in [7, 11) is 1.48. The number of anilines is 1. The number of hydrogen-bond donors (Lipinski definition) is 1. The molecule has 0 fully saturated rings. The minimum absolute atomic E-state index is 0.303. The van der Waals surface area contributed by atoms with Crippen molar-refractivity contribution in [3.05, 3.63) is 36.1 Å². The molecule has 0 amide bonds. The minimum Gasteiger partial charge on any atom is -0.497 e. The fourth-order valence-electron chi connectivity index (χ4n) is 1.32. The van der Waals surface area contributed by atoms with Crippen LogP contribution in [0.15, 0.2) is 30.3 Å². The standard InChI is InChI=1S/C11H10FN3O/c1-16-7-2-3-8(9(12)6-7)10-4-5-11(13)15-14-10/h2-6H,1H3,(H2,13,15). The molecule has 0 unspecified atom stereocenters. The van der Waals surface area contributed by atoms with Crippen LogP contribution in [0.1, 0.15) is 0 Å². The Kier molecular flexibility index (Phi) is 2.68. The molecule has 82 valence electrons. The molecule has 1 aromatic carbocycles. The Hall–Kier alpha value is -2.17. The van der Waals surface area contributed by atoms with E-state index in [-0.39, 0.29) is 0 Å². The Balaban J connectivity index is 2.44. The summed E-state index contributed by atoms with van der Waals surface area (Å²) in [6, 6.07) is 7.75. The van der Waals surface area contributed by atoms with Crippen molar-refractivity contribution in [2.24, 2.45) is 0 Å². The molecule has 4 nitrogen and oxygen atoms in total. The summed E-state index contributed by atoms with van der Waals surface area (Å²) in [6.07, 6.45) is 0. The van der Waals surface area contributed by atoms with Gasteiger partial charge < -0.3 is 10.5 Å². The minimum atomic E-state index is -0.404. The molecule has 0 bridgehead atoms. The third-order valence-electron chi connectivity index (χ3n) is 2.14. The first kappa shape index (κ1) is 10.4. The number of nitrogen functional groups attached to an aromatic ring is 1. The molecular formula is C11H10FN3O. The van der Waals surface area contributed by atoms with Crippen LogP contribution in [0.4, 0.5) is 10.2 Å². The molecular weight excluding hydrogens is 209 g/mol. The van der Waals surface area contributed by atoms with E-state index < -0.39 is 5.82 Å². The average molecular weight is 219 g/mol. The first-order valence-electron chi connectivity index (χ1n) is 4.64. The van der Waals surface area contributed by atoms with Gasteiger partial charge in [0.15, 0.2) is 0 Å². The molecule has 2 rings (SSSR count). The Bertz CT molecular complexity index is 499. The van der Waals surface area contributed by atoms with Crippen molar-refractivity contribution in [1.82, 2.24) is 10.2 Å². The van der Waals surface area contributed by atoms with Gasteiger partial charge in [0.05, 0.1) is 12.8 Å². The Labute approximate surface area is 91.9 Å². The van der Waals surface area contributed by atoms with Crippen LogP contribution in [0.5, 0.6) is 5.75 Å². The van der Waals surface area contributed by atoms with Crippen LogP contribution in [-0.4, -0.2) is 17.3 Å². The fourth-order valence-corrected chi connectivity index (χ4v) is 1.32. The maximum absolute atomic E-state index is 13.6. The summed E-state index contributed by atoms with van der Waals surface area (Å²) in [4.78, 5) is 0. The van der Waals surface area contributed by atoms with Crippen LogP contribution in [0.25, 0.3) is 11.3 Å². The summed E-state index contributed by atoms with van der Waals surface area (Å²) in [6.45, 7) is 0. The third-order valence-corrected chi connectivity index (χ3v) is 2.14. The van der Waals surface area contributed by atoms with E-state index in [1.165, 1.54) is 13.2 Å². The number of hydrogen-bond acceptors (Lipinski definition) is 4. The van der Waals surface area contributed by atoms with Crippen LogP contribution in [0.3, 0.4) is 0 Å². The molecule has 0 aliphatic carbocycles. The molecule has 1 heterocycles. The molecule has 0 saturated carbocycles. The summed E-state index contributed by atoms with van der Waals surface area (Å²) in [5.41, 5.74) is 6.21. The summed E-state index contributed by atoms with van der Waals surface area (Å²) < 4.78 is 18.6. The number of benzene rings is 1. The second kappa shape index (κ2) is 4.14. The number of nitrogens with zero attached hydrogens (tertiary/aromatic N) is 2. The van der Waals surface area contributed by atoms with Crippen LogP contribution < -0.4 is 10.5 Å². The number of nitrogens with two attached hydrogens (primary N) is 1. The molecule has 0 saturated heterocycles. The number of halogens is 1. The van der Waals surface area contributed by atoms with Gasteiger partial charge in [-0.1, -0.05) is 0 Å². The number of rotatable bonds is 2. The van der Waals surface area contributed by atoms with Crippen molar-refractivity contribution in [2.75, 3.05) is 12.8 Å². The molecule has 2 aromatic rings. The quantitative estimate of drug-likeness (QED) is 0.837. The molecule has 0 radical (unpaired) electrons. The number of methoxy groups -OCH3 is 1. The smallest absolute Gasteiger partial charge is 0.146 e. The topological polar surface area (TPSA) is 61.0 Å². The van der Waals surface area contributed by atoms with Crippen molar-refractivity contribution in [3.63, 3.8) is 0 Å². The summed E-state index contributed by atoms with van der Waals surface area (Å²) in [5.74, 6) is 0.362. The third kappa shape index (κ3) is 1.93. The lowest BCUT2D eigenvalue weighted by Gasteiger charge is -2.04. The van der Waals surface area contributed by atoms with Crippen molar-refractivity contribution >= 4 is 5.82 Å². The monoisotopic (exact) mass is 219 g/mol. The highest BCUT2D eigenvalue weighted by atomic mass is 19.1. The van der Waals surface area contributed by atoms with E-state index in [4.69, 9.17) is 10.5 Å². The lowest BCUT2D eigenvalue weighted by Crippen LogP contribution is -1.95. The molecule has 16 heavy (non-hydrogen) atoms. The van der Waals surface area contributed by atoms with E-state index in [1.54, 1.807) is 24.3 Å². The first-order chi connectivity index (χ1) is 7.70. The van der Waals surface area contributed by atoms with Gasteiger partial charge in [0.25, 0.3) is 0 Å². The van der Waals surface area contributed by atoms with Crippen LogP contribution >= 0.6 is 0 Å². The second-order valence-electron chi connectivity index (χ2n) is 3.19. The summed E-state index contributed by atoms with van der Waals surface area (Å²) in [5, 5.41) is 7.48. The Morgan fingerprint density at radius 3 is 2.56 bits per heavy atom. The normalized spacial score (nSPS) is 10.1. The van der Waals surface area contributed by atoms with Crippen LogP contribution in [0.2, 0.25) is 0 Å². The van der Waals surface area contributed by atoms with Gasteiger partial charge in [-0.3, -0.25) is 0 Å². The highest BCUT2D eigenvalue weighted by Crippen LogP contribution is 2.24. The van der Waals surface area contributed by atoms with Gasteiger partial charge in [-0.25, -0.2) is 4.39 Å². The molecule has 5 heteroatoms. The first-order valence-corrected chi connectivity index (χ1v) is 4.64. The SMILES string of the molecule is COc1ccc(-c2ccc(N)nn2)c(F)c1. The highest BCUT2D eigenvalue weighted by Gasteiger charge is 2.07. The predicted octanol–water partition coefficient (Wildman–Crippen LogP) is 1.87. The molecule has 0 aliphatic heterocycles. The van der Waals surface area contributed by atoms with Crippen molar-refractivity contribution in [3.8, 4) is 17.0 Å². The number of ether oxygens (including phenoxy) is 1. The van der Waals surface area contributed by atoms with Gasteiger partial charge in [0.2, 0.25) is 0 Å². The van der Waals surface area contributed by atoms with Crippen molar-refractivity contribution < 1.29 is 9.13 Å². The van der Waals surface area contributed by atoms with Gasteiger partial charge in [0.1, 0.15) is 17.4 Å². The molecule has 0 atom stereocenters. The van der Waals surface area contributed by atoms with Gasteiger partial charge in [0, 0.05) is 11.6 Å². The van der Waals surface area contributed by atoms with Crippen molar-refractivity contribution in [1.29, 1.82) is 0 Å². The number of aromatic nitrogens is 2. The maximum Gasteiger partial charge on any atom is 0.146 e. The van der Waals surface area contributed by atoms with E-state index >= 15 is 0 Å². The van der Waals surface area contributed by atoms with Crippen LogP contribution in [-0.2, 0) is 0 Å². The fraction of sp³-hybridized carbons (Fsp3) is 0.0909. The predicted molar refractivity (Wildman–Crippen MR) is 58.4 cm³/mol. The molecule has 1 aromatic heterocycles. The maximum atomic E-state index is 13.6. The van der Waals surface area contributed by atoms with E-state index in [2.05, 4.69) is 10.2 Å². The summed E-state index contributed by atoms with van der Waals surface area (Å²) >= 11 is 0. The van der Waals surface area contributed by atoms with Crippen molar-refractivity contribution in [2.45, 2.75) is 0 Å². The average Bonchev–Trinajstić information content (AvgIpc) is 2.30. The van der Waals surface area contributed by atoms with E-state index in [0.717, 1.165) is 0 Å². The van der Waals surface area contributed by atoms with E-state index in [9.17, 15) is 4.39 Å². The Morgan fingerprint density at radius 2 is 2.00 bits per heavy atom. The zero-order valence-electron chi connectivity index (χ0n) is 8.64. The molecule has 0 aliphatic rings. The van der Waals surface area contributed by atoms with Gasteiger partial charge in [-0.05, 0) is 24.3 Å². The zero-order chi connectivity index (χ0) is 11.5. The van der Waals surface area contributed by atoms with Gasteiger partial charge >= 0.3 is 0 Å². The largest absolute Gasteiger partial charge is 0.497 e. The molecule has 0 spiro atoms. The zero-order valence-corrected chi connectivity index (χ0v) is 8.64. The Morgan fingerprint density at radius 1 is 1.19 bits per heavy atom. The molecule has 2 N–H and O–H groups in total. The lowest BCUT2D eigenvalue weighted by atomic mass is 10.1. The van der Waals surface area contributed by atoms with Crippen LogP contribution in [0, 0.1) is 5.82 Å². The van der Waals surface area contributed by atoms with Gasteiger partial charge in [-0.2, -0.15) is 0 Å². The van der Waals surface area contributed by atoms with E-state index in [1.807, 2.05) is 0 Å².